The van der Waals surface area contributed by atoms with Crippen molar-refractivity contribution in [1.82, 2.24) is 0 Å². The highest BCUT2D eigenvalue weighted by molar-refractivity contribution is 4.83. The van der Waals surface area contributed by atoms with E-state index in [4.69, 9.17) is 23.7 Å². The van der Waals surface area contributed by atoms with E-state index in [0.717, 1.165) is 84.4 Å². The van der Waals surface area contributed by atoms with Gasteiger partial charge in [0.05, 0.1) is 38.6 Å². The highest BCUT2D eigenvalue weighted by Crippen LogP contribution is 2.37. The van der Waals surface area contributed by atoms with Crippen LogP contribution in [0.1, 0.15) is 58.3 Å². The van der Waals surface area contributed by atoms with Crippen molar-refractivity contribution in [3.8, 4) is 0 Å². The molecule has 6 nitrogen and oxygen atoms in total. The molecule has 140 valence electrons. The SMILES string of the molecule is CCOC1CCC2(CC1)OCCO2.OC1CCC2(CC1)OCCO2. The van der Waals surface area contributed by atoms with Gasteiger partial charge in [-0.1, -0.05) is 0 Å². The third-order valence-electron chi connectivity index (χ3n) is 5.44. The van der Waals surface area contributed by atoms with Gasteiger partial charge in [0.1, 0.15) is 0 Å². The van der Waals surface area contributed by atoms with Gasteiger partial charge in [-0.15, -0.1) is 0 Å². The fourth-order valence-corrected chi connectivity index (χ4v) is 4.05. The minimum absolute atomic E-state index is 0.131. The van der Waals surface area contributed by atoms with E-state index < -0.39 is 0 Å². The summed E-state index contributed by atoms with van der Waals surface area (Å²) in [6, 6.07) is 0. The lowest BCUT2D eigenvalue weighted by Crippen LogP contribution is -2.37. The molecule has 2 spiro atoms. The van der Waals surface area contributed by atoms with Crippen molar-refractivity contribution in [2.75, 3.05) is 33.0 Å². The first-order valence-corrected chi connectivity index (χ1v) is 9.51. The first-order chi connectivity index (χ1) is 11.7. The molecule has 0 unspecified atom stereocenters. The second-order valence-electron chi connectivity index (χ2n) is 7.10. The summed E-state index contributed by atoms with van der Waals surface area (Å²) in [6.45, 7) is 5.83. The van der Waals surface area contributed by atoms with Crippen molar-refractivity contribution in [3.05, 3.63) is 0 Å². The van der Waals surface area contributed by atoms with Gasteiger partial charge in [0.25, 0.3) is 0 Å². The standard InChI is InChI=1S/C10H18O3.C8H14O3/c1-2-11-9-3-5-10(6-4-9)12-7-8-13-10;9-7-1-3-8(4-2-7)10-5-6-11-8/h9H,2-8H2,1H3;7,9H,1-6H2. The molecule has 2 aliphatic heterocycles. The molecule has 0 atom stereocenters. The van der Waals surface area contributed by atoms with E-state index in [1.54, 1.807) is 0 Å². The second kappa shape index (κ2) is 8.43. The lowest BCUT2D eigenvalue weighted by molar-refractivity contribution is -0.191. The highest BCUT2D eigenvalue weighted by atomic mass is 16.7. The number of rotatable bonds is 2. The van der Waals surface area contributed by atoms with Crippen LogP contribution >= 0.6 is 0 Å². The van der Waals surface area contributed by atoms with E-state index in [9.17, 15) is 5.11 Å². The first kappa shape index (κ1) is 18.5. The van der Waals surface area contributed by atoms with Crippen LogP contribution in [-0.4, -0.2) is 61.9 Å². The summed E-state index contributed by atoms with van der Waals surface area (Å²) in [5.74, 6) is -0.535. The normalized spacial score (nSPS) is 32.0. The smallest absolute Gasteiger partial charge is 0.168 e. The summed E-state index contributed by atoms with van der Waals surface area (Å²) in [5, 5.41) is 9.24. The monoisotopic (exact) mass is 344 g/mol. The van der Waals surface area contributed by atoms with E-state index in [-0.39, 0.29) is 17.7 Å². The topological polar surface area (TPSA) is 66.4 Å². The molecule has 24 heavy (non-hydrogen) atoms. The first-order valence-electron chi connectivity index (χ1n) is 9.51. The summed E-state index contributed by atoms with van der Waals surface area (Å²) in [7, 11) is 0. The second-order valence-corrected chi connectivity index (χ2v) is 7.10. The third-order valence-corrected chi connectivity index (χ3v) is 5.44. The van der Waals surface area contributed by atoms with Crippen LogP contribution in [-0.2, 0) is 23.7 Å². The Morgan fingerprint density at radius 3 is 1.62 bits per heavy atom. The van der Waals surface area contributed by atoms with Crippen LogP contribution in [0.4, 0.5) is 0 Å². The van der Waals surface area contributed by atoms with Crippen LogP contribution in [0.3, 0.4) is 0 Å². The quantitative estimate of drug-likeness (QED) is 0.830. The number of ether oxygens (including phenoxy) is 5. The van der Waals surface area contributed by atoms with Gasteiger partial charge < -0.3 is 28.8 Å². The molecule has 0 aromatic carbocycles. The maximum Gasteiger partial charge on any atom is 0.168 e. The Hall–Kier alpha value is -0.240. The zero-order valence-corrected chi connectivity index (χ0v) is 14.8. The molecule has 2 heterocycles. The molecule has 4 rings (SSSR count). The molecule has 0 bridgehead atoms. The van der Waals surface area contributed by atoms with Gasteiger partial charge in [-0.3, -0.25) is 0 Å². The summed E-state index contributed by atoms with van der Waals surface area (Å²) in [6.07, 6.45) is 7.80. The minimum atomic E-state index is -0.306. The molecule has 0 aromatic rings. The number of hydrogen-bond donors (Lipinski definition) is 1. The molecular weight excluding hydrogens is 312 g/mol. The van der Waals surface area contributed by atoms with Crippen molar-refractivity contribution in [1.29, 1.82) is 0 Å². The lowest BCUT2D eigenvalue weighted by atomic mass is 9.92. The van der Waals surface area contributed by atoms with Crippen molar-refractivity contribution in [2.24, 2.45) is 0 Å². The van der Waals surface area contributed by atoms with Crippen molar-refractivity contribution in [2.45, 2.75) is 82.1 Å². The van der Waals surface area contributed by atoms with E-state index >= 15 is 0 Å². The van der Waals surface area contributed by atoms with Crippen LogP contribution in [0.25, 0.3) is 0 Å². The average Bonchev–Trinajstić information content (AvgIpc) is 3.25. The van der Waals surface area contributed by atoms with Crippen LogP contribution in [0, 0.1) is 0 Å². The Morgan fingerprint density at radius 1 is 0.792 bits per heavy atom. The Kier molecular flexibility index (Phi) is 6.51. The van der Waals surface area contributed by atoms with Crippen molar-refractivity contribution < 1.29 is 28.8 Å². The molecule has 1 N–H and O–H groups in total. The number of aliphatic hydroxyl groups is 1. The van der Waals surface area contributed by atoms with Gasteiger partial charge >= 0.3 is 0 Å². The van der Waals surface area contributed by atoms with Crippen molar-refractivity contribution in [3.63, 3.8) is 0 Å². The summed E-state index contributed by atoms with van der Waals surface area (Å²) < 4.78 is 27.8. The number of hydrogen-bond acceptors (Lipinski definition) is 6. The Morgan fingerprint density at radius 2 is 1.21 bits per heavy atom. The van der Waals surface area contributed by atoms with E-state index in [2.05, 4.69) is 0 Å². The molecular formula is C18H32O6. The molecule has 0 radical (unpaired) electrons. The minimum Gasteiger partial charge on any atom is -0.393 e. The summed E-state index contributed by atoms with van der Waals surface area (Å²) in [5.41, 5.74) is 0. The van der Waals surface area contributed by atoms with Crippen LogP contribution in [0.2, 0.25) is 0 Å². The Balaban J connectivity index is 0.000000143. The van der Waals surface area contributed by atoms with Gasteiger partial charge in [0.15, 0.2) is 11.6 Å². The molecule has 4 fully saturated rings. The van der Waals surface area contributed by atoms with Gasteiger partial charge in [-0.05, 0) is 32.6 Å². The van der Waals surface area contributed by atoms with Crippen molar-refractivity contribution >= 4 is 0 Å². The fraction of sp³-hybridized carbons (Fsp3) is 1.00. The maximum atomic E-state index is 9.24. The molecule has 2 aliphatic carbocycles. The van der Waals surface area contributed by atoms with Crippen LogP contribution in [0.5, 0.6) is 0 Å². The van der Waals surface area contributed by atoms with Crippen LogP contribution in [0.15, 0.2) is 0 Å². The molecule has 6 heteroatoms. The predicted octanol–water partition coefficient (Wildman–Crippen LogP) is 2.37. The zero-order valence-electron chi connectivity index (χ0n) is 14.8. The Bertz CT molecular complexity index is 356. The molecule has 2 saturated heterocycles. The molecule has 0 aromatic heterocycles. The molecule has 2 saturated carbocycles. The fourth-order valence-electron chi connectivity index (χ4n) is 4.05. The van der Waals surface area contributed by atoms with Gasteiger partial charge in [-0.25, -0.2) is 0 Å². The van der Waals surface area contributed by atoms with Gasteiger partial charge in [0.2, 0.25) is 0 Å². The average molecular weight is 344 g/mol. The lowest BCUT2D eigenvalue weighted by Gasteiger charge is -2.35. The zero-order chi connectivity index (χ0) is 16.9. The van der Waals surface area contributed by atoms with E-state index in [1.807, 2.05) is 6.92 Å². The third kappa shape index (κ3) is 4.68. The predicted molar refractivity (Wildman–Crippen MR) is 87.6 cm³/mol. The largest absolute Gasteiger partial charge is 0.393 e. The molecule has 0 amide bonds. The highest BCUT2D eigenvalue weighted by Gasteiger charge is 2.41. The van der Waals surface area contributed by atoms with Gasteiger partial charge in [0, 0.05) is 32.3 Å². The maximum absolute atomic E-state index is 9.24. The van der Waals surface area contributed by atoms with E-state index in [1.165, 1.54) is 0 Å². The van der Waals surface area contributed by atoms with Crippen LogP contribution < -0.4 is 0 Å². The molecule has 4 aliphatic rings. The summed E-state index contributed by atoms with van der Waals surface area (Å²) in [4.78, 5) is 0. The number of aliphatic hydroxyl groups excluding tert-OH is 1. The summed E-state index contributed by atoms with van der Waals surface area (Å²) >= 11 is 0. The van der Waals surface area contributed by atoms with Gasteiger partial charge in [-0.2, -0.15) is 0 Å². The Labute approximate surface area is 144 Å². The van der Waals surface area contributed by atoms with E-state index in [0.29, 0.717) is 6.10 Å².